The number of hydrogen-bond donors (Lipinski definition) is 1. The predicted molar refractivity (Wildman–Crippen MR) is 193 cm³/mol. The lowest BCUT2D eigenvalue weighted by Crippen LogP contribution is -2.43. The third-order valence-electron chi connectivity index (χ3n) is 9.80. The second kappa shape index (κ2) is 17.2. The first-order valence-electron chi connectivity index (χ1n) is 17.6. The van der Waals surface area contributed by atoms with E-state index in [1.54, 1.807) is 27.7 Å². The maximum absolute atomic E-state index is 13.8. The summed E-state index contributed by atoms with van der Waals surface area (Å²) in [6, 6.07) is 17.9. The first-order chi connectivity index (χ1) is 24.3. The molecule has 4 atom stereocenters. The Morgan fingerprint density at radius 2 is 1.53 bits per heavy atom. The van der Waals surface area contributed by atoms with Gasteiger partial charge in [-0.15, -0.1) is 0 Å². The molecule has 4 rings (SSSR count). The highest BCUT2D eigenvalue weighted by atomic mass is 16.7. The van der Waals surface area contributed by atoms with E-state index in [9.17, 15) is 24.3 Å². The lowest BCUT2D eigenvalue weighted by Gasteiger charge is -2.38. The Morgan fingerprint density at radius 3 is 2.10 bits per heavy atom. The molecule has 11 nitrogen and oxygen atoms in total. The van der Waals surface area contributed by atoms with Crippen molar-refractivity contribution in [1.29, 1.82) is 0 Å². The van der Waals surface area contributed by atoms with Crippen LogP contribution in [0.4, 0.5) is 0 Å². The van der Waals surface area contributed by atoms with Gasteiger partial charge < -0.3 is 28.9 Å². The van der Waals surface area contributed by atoms with Crippen LogP contribution >= 0.6 is 0 Å². The van der Waals surface area contributed by atoms with Crippen LogP contribution in [0, 0.1) is 22.2 Å². The number of ether oxygens (including phenoxy) is 4. The first kappa shape index (κ1) is 39.4. The Balaban J connectivity index is 1.60. The van der Waals surface area contributed by atoms with Gasteiger partial charge in [0.05, 0.1) is 48.7 Å². The van der Waals surface area contributed by atoms with Crippen molar-refractivity contribution in [2.24, 2.45) is 27.3 Å². The fraction of sp³-hybridized carbons (Fsp3) is 0.525. The van der Waals surface area contributed by atoms with E-state index in [4.69, 9.17) is 23.8 Å². The molecular weight excluding hydrogens is 654 g/mol. The van der Waals surface area contributed by atoms with Crippen molar-refractivity contribution < 1.29 is 48.1 Å². The number of oxime groups is 1. The Bertz CT molecular complexity index is 1680. The van der Waals surface area contributed by atoms with Crippen LogP contribution in [0.15, 0.2) is 59.8 Å². The maximum atomic E-state index is 13.8. The van der Waals surface area contributed by atoms with Gasteiger partial charge >= 0.3 is 23.9 Å². The molecule has 0 saturated carbocycles. The van der Waals surface area contributed by atoms with Gasteiger partial charge in [-0.25, -0.2) is 4.79 Å². The Kier molecular flexibility index (Phi) is 13.3. The fourth-order valence-electron chi connectivity index (χ4n) is 6.61. The number of rotatable bonds is 19. The van der Waals surface area contributed by atoms with Gasteiger partial charge in [-0.05, 0) is 93.8 Å². The van der Waals surface area contributed by atoms with Crippen molar-refractivity contribution >= 4 is 51.6 Å². The van der Waals surface area contributed by atoms with Crippen LogP contribution in [-0.2, 0) is 43.0 Å². The molecule has 4 unspecified atom stereocenters. The Labute approximate surface area is 299 Å². The van der Waals surface area contributed by atoms with E-state index in [1.165, 1.54) is 13.3 Å². The van der Waals surface area contributed by atoms with E-state index < -0.39 is 46.0 Å². The zero-order chi connectivity index (χ0) is 37.2. The lowest BCUT2D eigenvalue weighted by molar-refractivity contribution is -0.166. The van der Waals surface area contributed by atoms with Crippen LogP contribution in [0.1, 0.15) is 78.7 Å². The van der Waals surface area contributed by atoms with Crippen LogP contribution in [-0.4, -0.2) is 74.8 Å². The number of methoxy groups -OCH3 is 1. The number of carbonyl (C=O) groups excluding carboxylic acids is 4. The van der Waals surface area contributed by atoms with Gasteiger partial charge in [0, 0.05) is 12.2 Å². The smallest absolute Gasteiger partial charge is 0.340 e. The molecule has 1 heterocycles. The lowest BCUT2D eigenvalue weighted by atomic mass is 9.66. The number of nitrogens with zero attached hydrogens (tertiary/aromatic N) is 1. The normalized spacial score (nSPS) is 17.4. The molecule has 1 fully saturated rings. The highest BCUT2D eigenvalue weighted by Crippen LogP contribution is 2.45. The minimum Gasteiger partial charge on any atom is -0.469 e. The number of epoxide rings is 1. The summed E-state index contributed by atoms with van der Waals surface area (Å²) in [4.78, 5) is 59.6. The molecule has 1 N–H and O–H groups in total. The predicted octanol–water partition coefficient (Wildman–Crippen LogP) is 6.54. The molecular formula is C40H51NO10. The Hall–Kier alpha value is -4.35. The maximum Gasteiger partial charge on any atom is 0.340 e. The Morgan fingerprint density at radius 1 is 0.902 bits per heavy atom. The van der Waals surface area contributed by atoms with Gasteiger partial charge in [-0.3, -0.25) is 14.4 Å². The van der Waals surface area contributed by atoms with E-state index in [-0.39, 0.29) is 45.2 Å². The fourth-order valence-corrected chi connectivity index (χ4v) is 6.61. The van der Waals surface area contributed by atoms with Crippen molar-refractivity contribution in [2.45, 2.75) is 79.2 Å². The van der Waals surface area contributed by atoms with Crippen molar-refractivity contribution in [2.75, 3.05) is 33.5 Å². The zero-order valence-electron chi connectivity index (χ0n) is 30.6. The summed E-state index contributed by atoms with van der Waals surface area (Å²) in [7, 11) is 1.29. The summed E-state index contributed by atoms with van der Waals surface area (Å²) in [5, 5.41) is 17.3. The van der Waals surface area contributed by atoms with Crippen molar-refractivity contribution in [3.8, 4) is 0 Å². The number of aliphatic hydroxyl groups excluding tert-OH is 1. The quantitative estimate of drug-likeness (QED) is 0.0213. The number of aliphatic hydroxyl groups is 1. The molecule has 11 heteroatoms. The van der Waals surface area contributed by atoms with E-state index in [0.717, 1.165) is 27.1 Å². The standard InChI is InChI=1S/C40H51NO10/c1-7-39(4,36(45)47-6)26-40(5,37(46)50-25-30-24-49-30)22-29(34(43)48-19-13-12-18-42)21-38(2,3)35(44)51-41-23-33-31-16-10-8-14-27(31)20-28-15-9-11-17-32(28)33/h8-11,14-17,20,23,29-30,42H,7,12-13,18-19,21-22,24-26H2,1-6H3/b41-23+. The molecule has 0 spiro atoms. The van der Waals surface area contributed by atoms with Crippen molar-refractivity contribution in [3.63, 3.8) is 0 Å². The second-order valence-electron chi connectivity index (χ2n) is 14.6. The molecule has 0 aliphatic carbocycles. The molecule has 51 heavy (non-hydrogen) atoms. The van der Waals surface area contributed by atoms with Gasteiger partial charge in [0.2, 0.25) is 0 Å². The number of esters is 3. The van der Waals surface area contributed by atoms with Crippen molar-refractivity contribution in [3.05, 3.63) is 60.2 Å². The SMILES string of the molecule is CCC(C)(CC(C)(CC(CC(C)(C)C(=O)O/N=C/c1c2ccccc2cc2ccccc12)C(=O)OCCCCO)C(=O)OCC1CO1)C(=O)OC. The summed E-state index contributed by atoms with van der Waals surface area (Å²) in [6.07, 6.45) is 2.49. The summed E-state index contributed by atoms with van der Waals surface area (Å²) in [6.45, 7) is 9.04. The van der Waals surface area contributed by atoms with E-state index >= 15 is 0 Å². The minimum atomic E-state index is -1.35. The van der Waals surface area contributed by atoms with Gasteiger partial charge in [0.1, 0.15) is 12.7 Å². The number of unbranched alkanes of at least 4 members (excludes halogenated alkanes) is 1. The zero-order valence-corrected chi connectivity index (χ0v) is 30.6. The van der Waals surface area contributed by atoms with Crippen LogP contribution in [0.5, 0.6) is 0 Å². The van der Waals surface area contributed by atoms with Gasteiger partial charge in [-0.2, -0.15) is 0 Å². The molecule has 3 aromatic carbocycles. The number of benzene rings is 3. The number of hydrogen-bond acceptors (Lipinski definition) is 11. The van der Waals surface area contributed by atoms with E-state index in [1.807, 2.05) is 55.5 Å². The topological polar surface area (TPSA) is 150 Å². The second-order valence-corrected chi connectivity index (χ2v) is 14.6. The summed E-state index contributed by atoms with van der Waals surface area (Å²) >= 11 is 0. The van der Waals surface area contributed by atoms with Crippen LogP contribution in [0.3, 0.4) is 0 Å². The first-order valence-corrected chi connectivity index (χ1v) is 17.6. The van der Waals surface area contributed by atoms with Gasteiger partial charge in [-0.1, -0.05) is 60.6 Å². The van der Waals surface area contributed by atoms with Crippen LogP contribution in [0.25, 0.3) is 21.5 Å². The number of carbonyl (C=O) groups is 4. The molecule has 0 aromatic heterocycles. The summed E-state index contributed by atoms with van der Waals surface area (Å²) < 4.78 is 21.6. The molecule has 1 aliphatic rings. The largest absolute Gasteiger partial charge is 0.469 e. The average Bonchev–Trinajstić information content (AvgIpc) is 3.95. The molecule has 1 saturated heterocycles. The minimum absolute atomic E-state index is 0.0238. The molecule has 276 valence electrons. The third-order valence-corrected chi connectivity index (χ3v) is 9.80. The van der Waals surface area contributed by atoms with Gasteiger partial charge in [0.15, 0.2) is 0 Å². The summed E-state index contributed by atoms with van der Waals surface area (Å²) in [5.74, 6) is -3.34. The molecule has 0 amide bonds. The average molecular weight is 706 g/mol. The summed E-state index contributed by atoms with van der Waals surface area (Å²) in [5.41, 5.74) is -2.87. The van der Waals surface area contributed by atoms with Crippen LogP contribution in [0.2, 0.25) is 0 Å². The highest BCUT2D eigenvalue weighted by Gasteiger charge is 2.49. The molecule has 3 aromatic rings. The van der Waals surface area contributed by atoms with E-state index in [2.05, 4.69) is 11.2 Å². The highest BCUT2D eigenvalue weighted by molar-refractivity contribution is 6.13. The molecule has 1 aliphatic heterocycles. The van der Waals surface area contributed by atoms with Gasteiger partial charge in [0.25, 0.3) is 0 Å². The van der Waals surface area contributed by atoms with Crippen LogP contribution < -0.4 is 0 Å². The number of fused-ring (bicyclic) bond motifs is 2. The van der Waals surface area contributed by atoms with E-state index in [0.29, 0.717) is 25.9 Å². The third kappa shape index (κ3) is 10.1. The molecule has 0 radical (unpaired) electrons. The van der Waals surface area contributed by atoms with Crippen molar-refractivity contribution in [1.82, 2.24) is 0 Å². The monoisotopic (exact) mass is 705 g/mol. The molecule has 0 bridgehead atoms.